The van der Waals surface area contributed by atoms with Gasteiger partial charge in [-0.15, -0.1) is 11.6 Å². The van der Waals surface area contributed by atoms with Gasteiger partial charge >= 0.3 is 8.80 Å². The SMILES string of the molecule is CCC(Cl)C(C)(c1ccccc1)[Si](OC)(OC)OC. The molecule has 108 valence electrons. The summed E-state index contributed by atoms with van der Waals surface area (Å²) in [7, 11) is 1.95. The molecule has 1 aromatic rings. The van der Waals surface area contributed by atoms with Crippen molar-refractivity contribution in [3.05, 3.63) is 35.9 Å². The largest absolute Gasteiger partial charge is 0.512 e. The zero-order chi connectivity index (χ0) is 14.5. The molecule has 0 saturated heterocycles. The zero-order valence-corrected chi connectivity index (χ0v) is 14.0. The van der Waals surface area contributed by atoms with Gasteiger partial charge < -0.3 is 13.3 Å². The van der Waals surface area contributed by atoms with Crippen LogP contribution in [0.1, 0.15) is 25.8 Å². The van der Waals surface area contributed by atoms with E-state index in [0.717, 1.165) is 12.0 Å². The van der Waals surface area contributed by atoms with Crippen molar-refractivity contribution in [2.24, 2.45) is 0 Å². The Morgan fingerprint density at radius 2 is 1.58 bits per heavy atom. The van der Waals surface area contributed by atoms with Crippen molar-refractivity contribution in [3.8, 4) is 0 Å². The predicted molar refractivity (Wildman–Crippen MR) is 80.5 cm³/mol. The molecule has 0 aliphatic rings. The van der Waals surface area contributed by atoms with E-state index in [0.29, 0.717) is 0 Å². The zero-order valence-electron chi connectivity index (χ0n) is 12.3. The van der Waals surface area contributed by atoms with E-state index >= 15 is 0 Å². The van der Waals surface area contributed by atoms with E-state index in [2.05, 4.69) is 13.8 Å². The molecule has 19 heavy (non-hydrogen) atoms. The van der Waals surface area contributed by atoms with Gasteiger partial charge in [0.1, 0.15) is 0 Å². The van der Waals surface area contributed by atoms with Crippen LogP contribution < -0.4 is 0 Å². The van der Waals surface area contributed by atoms with Crippen molar-refractivity contribution in [1.82, 2.24) is 0 Å². The highest BCUT2D eigenvalue weighted by atomic mass is 35.5. The van der Waals surface area contributed by atoms with Gasteiger partial charge in [-0.05, 0) is 18.9 Å². The van der Waals surface area contributed by atoms with Crippen LogP contribution in [-0.2, 0) is 18.3 Å². The first kappa shape index (κ1) is 16.7. The summed E-state index contributed by atoms with van der Waals surface area (Å²) < 4.78 is 17.1. The summed E-state index contributed by atoms with van der Waals surface area (Å²) in [5.41, 5.74) is 1.08. The maximum absolute atomic E-state index is 6.62. The third-order valence-corrected chi connectivity index (χ3v) is 8.25. The molecule has 0 amide bonds. The van der Waals surface area contributed by atoms with Crippen LogP contribution >= 0.6 is 11.6 Å². The lowest BCUT2D eigenvalue weighted by Gasteiger charge is -2.44. The van der Waals surface area contributed by atoms with E-state index in [1.807, 2.05) is 30.3 Å². The van der Waals surface area contributed by atoms with Crippen molar-refractivity contribution < 1.29 is 13.3 Å². The van der Waals surface area contributed by atoms with Crippen molar-refractivity contribution in [2.75, 3.05) is 21.3 Å². The number of hydrogen-bond donors (Lipinski definition) is 0. The number of halogens is 1. The van der Waals surface area contributed by atoms with Gasteiger partial charge in [-0.2, -0.15) is 0 Å². The molecule has 2 atom stereocenters. The van der Waals surface area contributed by atoms with Crippen LogP contribution in [0.4, 0.5) is 0 Å². The highest BCUT2D eigenvalue weighted by Gasteiger charge is 2.60. The summed E-state index contributed by atoms with van der Waals surface area (Å²) in [4.78, 5) is 0. The normalized spacial score (nSPS) is 16.9. The van der Waals surface area contributed by atoms with Crippen LogP contribution in [0, 0.1) is 0 Å². The van der Waals surface area contributed by atoms with Gasteiger partial charge in [-0.1, -0.05) is 37.3 Å². The fourth-order valence-corrected chi connectivity index (χ4v) is 6.04. The Labute approximate surface area is 122 Å². The first-order valence-electron chi connectivity index (χ1n) is 6.37. The smallest absolute Gasteiger partial charge is 0.376 e. The standard InChI is InChI=1S/C14H23ClO3Si/c1-6-13(15)14(2,12-10-8-7-9-11-12)19(16-3,17-4)18-5/h7-11,13H,6H2,1-5H3. The van der Waals surface area contributed by atoms with E-state index in [4.69, 9.17) is 24.9 Å². The molecule has 0 N–H and O–H groups in total. The fourth-order valence-electron chi connectivity index (χ4n) is 2.63. The Morgan fingerprint density at radius 3 is 1.95 bits per heavy atom. The van der Waals surface area contributed by atoms with Gasteiger partial charge in [0, 0.05) is 26.7 Å². The second kappa shape index (κ2) is 6.86. The molecule has 2 unspecified atom stereocenters. The molecule has 0 aromatic heterocycles. The van der Waals surface area contributed by atoms with Gasteiger partial charge in [-0.3, -0.25) is 0 Å². The molecule has 3 nitrogen and oxygen atoms in total. The fraction of sp³-hybridized carbons (Fsp3) is 0.571. The van der Waals surface area contributed by atoms with Crippen LogP contribution in [0.15, 0.2) is 30.3 Å². The lowest BCUT2D eigenvalue weighted by molar-refractivity contribution is 0.0917. The molecule has 0 saturated carbocycles. The summed E-state index contributed by atoms with van der Waals surface area (Å²) in [5, 5.41) is -0.635. The summed E-state index contributed by atoms with van der Waals surface area (Å²) in [5.74, 6) is 0. The highest BCUT2D eigenvalue weighted by molar-refractivity contribution is 6.65. The van der Waals surface area contributed by atoms with Crippen LogP contribution in [0.3, 0.4) is 0 Å². The predicted octanol–water partition coefficient (Wildman–Crippen LogP) is 3.38. The van der Waals surface area contributed by atoms with Crippen LogP contribution in [0.2, 0.25) is 0 Å². The Bertz CT molecular complexity index is 375. The molecular formula is C14H23ClO3Si. The Kier molecular flexibility index (Phi) is 6.01. The lowest BCUT2D eigenvalue weighted by atomic mass is 9.94. The molecule has 0 spiro atoms. The molecule has 0 bridgehead atoms. The van der Waals surface area contributed by atoms with Crippen LogP contribution in [-0.4, -0.2) is 35.5 Å². The quantitative estimate of drug-likeness (QED) is 0.571. The third-order valence-electron chi connectivity index (χ3n) is 3.80. The first-order valence-corrected chi connectivity index (χ1v) is 8.53. The molecule has 1 aromatic carbocycles. The van der Waals surface area contributed by atoms with Crippen LogP contribution in [0.5, 0.6) is 0 Å². The maximum atomic E-state index is 6.62. The molecule has 0 aliphatic carbocycles. The van der Waals surface area contributed by atoms with Gasteiger partial charge in [0.2, 0.25) is 0 Å². The monoisotopic (exact) mass is 302 g/mol. The average Bonchev–Trinajstić information content (AvgIpc) is 2.49. The molecule has 0 fully saturated rings. The number of rotatable bonds is 7. The van der Waals surface area contributed by atoms with Gasteiger partial charge in [0.15, 0.2) is 0 Å². The second-order valence-electron chi connectivity index (χ2n) is 4.61. The Hall–Kier alpha value is -0.393. The van der Waals surface area contributed by atoms with E-state index in [9.17, 15) is 0 Å². The van der Waals surface area contributed by atoms with E-state index in [1.54, 1.807) is 21.3 Å². The van der Waals surface area contributed by atoms with E-state index in [-0.39, 0.29) is 5.38 Å². The molecule has 0 heterocycles. The summed E-state index contributed by atoms with van der Waals surface area (Å²) in [6.07, 6.45) is 0.803. The molecule has 5 heteroatoms. The van der Waals surface area contributed by atoms with Crippen LogP contribution in [0.25, 0.3) is 0 Å². The maximum Gasteiger partial charge on any atom is 0.512 e. The van der Waals surface area contributed by atoms with Crippen molar-refractivity contribution in [1.29, 1.82) is 0 Å². The molecule has 0 aliphatic heterocycles. The third kappa shape index (κ3) is 2.73. The number of hydrogen-bond acceptors (Lipinski definition) is 3. The second-order valence-corrected chi connectivity index (χ2v) is 8.52. The van der Waals surface area contributed by atoms with Crippen molar-refractivity contribution in [3.63, 3.8) is 0 Å². The number of alkyl halides is 1. The van der Waals surface area contributed by atoms with Gasteiger partial charge in [0.05, 0.1) is 5.04 Å². The minimum atomic E-state index is -2.93. The minimum Gasteiger partial charge on any atom is -0.376 e. The van der Waals surface area contributed by atoms with Gasteiger partial charge in [0.25, 0.3) is 0 Å². The molecule has 1 rings (SSSR count). The Morgan fingerprint density at radius 1 is 1.11 bits per heavy atom. The first-order chi connectivity index (χ1) is 9.02. The van der Waals surface area contributed by atoms with E-state index < -0.39 is 13.8 Å². The van der Waals surface area contributed by atoms with E-state index in [1.165, 1.54) is 0 Å². The highest BCUT2D eigenvalue weighted by Crippen LogP contribution is 2.42. The topological polar surface area (TPSA) is 27.7 Å². The summed E-state index contributed by atoms with van der Waals surface area (Å²) in [6.45, 7) is 4.12. The van der Waals surface area contributed by atoms with Crippen molar-refractivity contribution >= 4 is 20.4 Å². The minimum absolute atomic E-state index is 0.138. The van der Waals surface area contributed by atoms with Gasteiger partial charge in [-0.25, -0.2) is 0 Å². The summed E-state index contributed by atoms with van der Waals surface area (Å²) in [6, 6.07) is 10.1. The average molecular weight is 303 g/mol. The Balaban J connectivity index is 3.43. The lowest BCUT2D eigenvalue weighted by Crippen LogP contribution is -2.64. The number of benzene rings is 1. The van der Waals surface area contributed by atoms with Crippen molar-refractivity contribution in [2.45, 2.75) is 30.7 Å². The summed E-state index contributed by atoms with van der Waals surface area (Å²) >= 11 is 6.62. The molecule has 0 radical (unpaired) electrons. The molecular weight excluding hydrogens is 280 g/mol.